The number of aromatic carboxylic acids is 1. The zero-order valence-corrected chi connectivity index (χ0v) is 12.8. The zero-order valence-electron chi connectivity index (χ0n) is 12.8. The molecule has 1 heterocycles. The van der Waals surface area contributed by atoms with Gasteiger partial charge in [0.15, 0.2) is 0 Å². The first kappa shape index (κ1) is 15.0. The van der Waals surface area contributed by atoms with Crippen LogP contribution in [0.1, 0.15) is 34.1 Å². The van der Waals surface area contributed by atoms with Crippen LogP contribution < -0.4 is 4.90 Å². The zero-order chi connectivity index (χ0) is 15.6. The molecule has 1 N–H and O–H groups in total. The van der Waals surface area contributed by atoms with Crippen LogP contribution in [0.5, 0.6) is 0 Å². The van der Waals surface area contributed by atoms with Crippen molar-refractivity contribution in [2.45, 2.75) is 27.7 Å². The number of anilines is 2. The second kappa shape index (κ2) is 5.95. The molecule has 0 spiro atoms. The Morgan fingerprint density at radius 1 is 1.19 bits per heavy atom. The third kappa shape index (κ3) is 3.05. The van der Waals surface area contributed by atoms with E-state index in [1.165, 1.54) is 5.56 Å². The SMILES string of the molecule is CCN(c1ccc(C)cc1)c1nc(C)cc(C)c1C(=O)O. The monoisotopic (exact) mass is 284 g/mol. The van der Waals surface area contributed by atoms with Gasteiger partial charge in [0.25, 0.3) is 0 Å². The van der Waals surface area contributed by atoms with E-state index in [2.05, 4.69) is 4.98 Å². The van der Waals surface area contributed by atoms with Crippen LogP contribution in [-0.2, 0) is 0 Å². The van der Waals surface area contributed by atoms with Crippen LogP contribution in [0.25, 0.3) is 0 Å². The highest BCUT2D eigenvalue weighted by atomic mass is 16.4. The summed E-state index contributed by atoms with van der Waals surface area (Å²) in [6.07, 6.45) is 0. The molecule has 4 nitrogen and oxygen atoms in total. The van der Waals surface area contributed by atoms with Crippen LogP contribution in [0.15, 0.2) is 30.3 Å². The first-order valence-electron chi connectivity index (χ1n) is 6.99. The van der Waals surface area contributed by atoms with Crippen molar-refractivity contribution in [3.8, 4) is 0 Å². The number of carbonyl (C=O) groups is 1. The average molecular weight is 284 g/mol. The Balaban J connectivity index is 2.61. The Labute approximate surface area is 125 Å². The molecule has 2 aromatic rings. The highest BCUT2D eigenvalue weighted by molar-refractivity contribution is 5.96. The molecule has 4 heteroatoms. The van der Waals surface area contributed by atoms with E-state index in [9.17, 15) is 9.90 Å². The van der Waals surface area contributed by atoms with Gasteiger partial charge in [0.2, 0.25) is 0 Å². The van der Waals surface area contributed by atoms with Crippen LogP contribution in [0.4, 0.5) is 11.5 Å². The van der Waals surface area contributed by atoms with Gasteiger partial charge in [0.05, 0.1) is 0 Å². The van der Waals surface area contributed by atoms with Crippen molar-refractivity contribution in [1.82, 2.24) is 4.98 Å². The Hall–Kier alpha value is -2.36. The number of hydrogen-bond donors (Lipinski definition) is 1. The molecular weight excluding hydrogens is 264 g/mol. The van der Waals surface area contributed by atoms with Gasteiger partial charge in [-0.15, -0.1) is 0 Å². The van der Waals surface area contributed by atoms with E-state index in [0.29, 0.717) is 12.4 Å². The van der Waals surface area contributed by atoms with Gasteiger partial charge >= 0.3 is 5.97 Å². The maximum Gasteiger partial charge on any atom is 0.339 e. The second-order valence-electron chi connectivity index (χ2n) is 5.16. The molecule has 2 rings (SSSR count). The smallest absolute Gasteiger partial charge is 0.339 e. The highest BCUT2D eigenvalue weighted by Crippen LogP contribution is 2.29. The molecule has 1 aromatic carbocycles. The number of benzene rings is 1. The Morgan fingerprint density at radius 3 is 2.33 bits per heavy atom. The summed E-state index contributed by atoms with van der Waals surface area (Å²) >= 11 is 0. The van der Waals surface area contributed by atoms with Crippen molar-refractivity contribution >= 4 is 17.5 Å². The summed E-state index contributed by atoms with van der Waals surface area (Å²) < 4.78 is 0. The minimum absolute atomic E-state index is 0.267. The second-order valence-corrected chi connectivity index (χ2v) is 5.16. The number of aryl methyl sites for hydroxylation is 3. The van der Waals surface area contributed by atoms with Crippen LogP contribution >= 0.6 is 0 Å². The molecule has 0 aliphatic rings. The Morgan fingerprint density at radius 2 is 1.81 bits per heavy atom. The van der Waals surface area contributed by atoms with Gasteiger partial charge in [-0.3, -0.25) is 0 Å². The fourth-order valence-corrected chi connectivity index (χ4v) is 2.46. The maximum atomic E-state index is 11.6. The van der Waals surface area contributed by atoms with E-state index in [1.807, 2.05) is 56.9 Å². The van der Waals surface area contributed by atoms with Crippen molar-refractivity contribution in [3.63, 3.8) is 0 Å². The molecule has 0 fully saturated rings. The van der Waals surface area contributed by atoms with Crippen molar-refractivity contribution < 1.29 is 9.90 Å². The molecule has 0 aliphatic carbocycles. The number of nitrogens with zero attached hydrogens (tertiary/aromatic N) is 2. The van der Waals surface area contributed by atoms with Crippen molar-refractivity contribution in [1.29, 1.82) is 0 Å². The van der Waals surface area contributed by atoms with E-state index in [-0.39, 0.29) is 5.56 Å². The molecule has 0 unspecified atom stereocenters. The molecule has 0 atom stereocenters. The van der Waals surface area contributed by atoms with Gasteiger partial charge < -0.3 is 10.0 Å². The average Bonchev–Trinajstić information content (AvgIpc) is 2.40. The van der Waals surface area contributed by atoms with Crippen LogP contribution in [0.3, 0.4) is 0 Å². The fraction of sp³-hybridized carbons (Fsp3) is 0.294. The minimum atomic E-state index is -0.944. The molecule has 21 heavy (non-hydrogen) atoms. The summed E-state index contributed by atoms with van der Waals surface area (Å²) in [5.41, 5.74) is 3.93. The van der Waals surface area contributed by atoms with Gasteiger partial charge in [-0.1, -0.05) is 17.7 Å². The van der Waals surface area contributed by atoms with E-state index >= 15 is 0 Å². The lowest BCUT2D eigenvalue weighted by Gasteiger charge is -2.25. The third-order valence-electron chi connectivity index (χ3n) is 3.46. The molecule has 0 radical (unpaired) electrons. The number of rotatable bonds is 4. The molecular formula is C17H20N2O2. The number of pyridine rings is 1. The normalized spacial score (nSPS) is 10.5. The minimum Gasteiger partial charge on any atom is -0.478 e. The van der Waals surface area contributed by atoms with Crippen molar-refractivity contribution in [2.75, 3.05) is 11.4 Å². The lowest BCUT2D eigenvalue weighted by molar-refractivity contribution is 0.0696. The maximum absolute atomic E-state index is 11.6. The predicted octanol–water partition coefficient (Wildman–Crippen LogP) is 3.86. The van der Waals surface area contributed by atoms with Crippen LogP contribution in [0, 0.1) is 20.8 Å². The number of carboxylic acids is 1. The Kier molecular flexibility index (Phi) is 4.26. The van der Waals surface area contributed by atoms with Gasteiger partial charge in [-0.05, 0) is 51.5 Å². The summed E-state index contributed by atoms with van der Waals surface area (Å²) in [7, 11) is 0. The predicted molar refractivity (Wildman–Crippen MR) is 84.5 cm³/mol. The molecule has 0 amide bonds. The quantitative estimate of drug-likeness (QED) is 0.926. The highest BCUT2D eigenvalue weighted by Gasteiger charge is 2.21. The first-order valence-corrected chi connectivity index (χ1v) is 6.99. The van der Waals surface area contributed by atoms with E-state index in [4.69, 9.17) is 0 Å². The number of aromatic nitrogens is 1. The van der Waals surface area contributed by atoms with E-state index in [0.717, 1.165) is 16.9 Å². The van der Waals surface area contributed by atoms with Gasteiger partial charge in [0, 0.05) is 17.9 Å². The van der Waals surface area contributed by atoms with E-state index in [1.54, 1.807) is 6.07 Å². The molecule has 0 aliphatic heterocycles. The summed E-state index contributed by atoms with van der Waals surface area (Å²) in [6, 6.07) is 9.81. The van der Waals surface area contributed by atoms with Crippen molar-refractivity contribution in [2.24, 2.45) is 0 Å². The third-order valence-corrected chi connectivity index (χ3v) is 3.46. The Bertz CT molecular complexity index is 663. The molecule has 0 bridgehead atoms. The largest absolute Gasteiger partial charge is 0.478 e. The van der Waals surface area contributed by atoms with Crippen LogP contribution in [0.2, 0.25) is 0 Å². The summed E-state index contributed by atoms with van der Waals surface area (Å²) in [6.45, 7) is 8.36. The van der Waals surface area contributed by atoms with Gasteiger partial charge in [-0.2, -0.15) is 0 Å². The first-order chi connectivity index (χ1) is 9.93. The topological polar surface area (TPSA) is 53.4 Å². The van der Waals surface area contributed by atoms with Crippen LogP contribution in [-0.4, -0.2) is 22.6 Å². The molecule has 0 saturated carbocycles. The molecule has 0 saturated heterocycles. The van der Waals surface area contributed by atoms with E-state index < -0.39 is 5.97 Å². The number of carboxylic acid groups (broad SMARTS) is 1. The standard InChI is InChI=1S/C17H20N2O2/c1-5-19(14-8-6-11(2)7-9-14)16-15(17(20)21)12(3)10-13(4)18-16/h6-10H,5H2,1-4H3,(H,20,21). The summed E-state index contributed by atoms with van der Waals surface area (Å²) in [5.74, 6) is -0.438. The van der Waals surface area contributed by atoms with Gasteiger partial charge in [0.1, 0.15) is 11.4 Å². The number of hydrogen-bond acceptors (Lipinski definition) is 3. The lowest BCUT2D eigenvalue weighted by Crippen LogP contribution is -2.21. The fourth-order valence-electron chi connectivity index (χ4n) is 2.46. The summed E-state index contributed by atoms with van der Waals surface area (Å²) in [5, 5.41) is 9.51. The van der Waals surface area contributed by atoms with Gasteiger partial charge in [-0.25, -0.2) is 9.78 Å². The lowest BCUT2D eigenvalue weighted by atomic mass is 10.1. The molecule has 110 valence electrons. The molecule has 1 aromatic heterocycles. The van der Waals surface area contributed by atoms with Crippen molar-refractivity contribution in [3.05, 3.63) is 52.7 Å². The summed E-state index contributed by atoms with van der Waals surface area (Å²) in [4.78, 5) is 18.0.